The molecule has 134 valence electrons. The molecular weight excluding hydrogens is 340 g/mol. The molecule has 0 saturated carbocycles. The lowest BCUT2D eigenvalue weighted by atomic mass is 10.1. The van der Waals surface area contributed by atoms with Crippen molar-refractivity contribution in [2.75, 3.05) is 19.0 Å². The Morgan fingerprint density at radius 3 is 2.40 bits per heavy atom. The molecule has 2 rings (SSSR count). The van der Waals surface area contributed by atoms with Gasteiger partial charge in [0, 0.05) is 18.7 Å². The molecule has 0 bridgehead atoms. The Morgan fingerprint density at radius 2 is 1.76 bits per heavy atom. The van der Waals surface area contributed by atoms with Crippen LogP contribution in [-0.2, 0) is 14.8 Å². The second kappa shape index (κ2) is 8.13. The van der Waals surface area contributed by atoms with Crippen molar-refractivity contribution in [1.82, 2.24) is 4.72 Å². The minimum absolute atomic E-state index is 0.0189. The summed E-state index contributed by atoms with van der Waals surface area (Å²) in [5, 5.41) is 2.80. The van der Waals surface area contributed by atoms with Crippen LogP contribution in [0.15, 0.2) is 47.4 Å². The summed E-state index contributed by atoms with van der Waals surface area (Å²) in [5.41, 5.74) is 2.74. The first-order valence-electron chi connectivity index (χ1n) is 7.82. The van der Waals surface area contributed by atoms with Crippen LogP contribution in [0.2, 0.25) is 0 Å². The van der Waals surface area contributed by atoms with Crippen LogP contribution < -0.4 is 14.8 Å². The number of anilines is 1. The zero-order valence-electron chi connectivity index (χ0n) is 14.5. The molecule has 7 heteroatoms. The van der Waals surface area contributed by atoms with E-state index >= 15 is 0 Å². The minimum atomic E-state index is -3.65. The molecule has 25 heavy (non-hydrogen) atoms. The van der Waals surface area contributed by atoms with Gasteiger partial charge >= 0.3 is 0 Å². The molecule has 0 atom stereocenters. The Balaban J connectivity index is 1.90. The van der Waals surface area contributed by atoms with Gasteiger partial charge in [-0.05, 0) is 55.3 Å². The van der Waals surface area contributed by atoms with Crippen LogP contribution in [0.5, 0.6) is 5.75 Å². The summed E-state index contributed by atoms with van der Waals surface area (Å²) in [6, 6.07) is 11.8. The Morgan fingerprint density at radius 1 is 1.08 bits per heavy atom. The Hall–Kier alpha value is -2.38. The maximum absolute atomic E-state index is 12.2. The number of hydrogen-bond donors (Lipinski definition) is 2. The number of nitrogens with one attached hydrogen (secondary N) is 2. The van der Waals surface area contributed by atoms with Gasteiger partial charge in [-0.25, -0.2) is 13.1 Å². The molecule has 2 N–H and O–H groups in total. The number of ether oxygens (including phenoxy) is 1. The average Bonchev–Trinajstić information content (AvgIpc) is 2.58. The molecule has 0 aromatic heterocycles. The van der Waals surface area contributed by atoms with Crippen molar-refractivity contribution in [3.63, 3.8) is 0 Å². The molecule has 1 amide bonds. The molecule has 0 heterocycles. The second-order valence-electron chi connectivity index (χ2n) is 5.69. The van der Waals surface area contributed by atoms with E-state index in [1.807, 2.05) is 32.0 Å². The maximum Gasteiger partial charge on any atom is 0.240 e. The standard InChI is InChI=1S/C18H22N2O4S/c1-13-4-5-14(2)17(12-13)20-18(21)10-11-19-25(22,23)16-8-6-15(24-3)7-9-16/h4-9,12,19H,10-11H2,1-3H3,(H,20,21). The van der Waals surface area contributed by atoms with E-state index in [1.165, 1.54) is 19.2 Å². The predicted octanol–water partition coefficient (Wildman–Crippen LogP) is 2.62. The molecule has 0 aliphatic heterocycles. The topological polar surface area (TPSA) is 84.5 Å². The number of benzene rings is 2. The number of aryl methyl sites for hydroxylation is 2. The van der Waals surface area contributed by atoms with Gasteiger partial charge in [-0.3, -0.25) is 4.79 Å². The van der Waals surface area contributed by atoms with E-state index < -0.39 is 10.0 Å². The zero-order valence-corrected chi connectivity index (χ0v) is 15.3. The van der Waals surface area contributed by atoms with Crippen LogP contribution in [0, 0.1) is 13.8 Å². The normalized spacial score (nSPS) is 11.2. The quantitative estimate of drug-likeness (QED) is 0.793. The summed E-state index contributed by atoms with van der Waals surface area (Å²) in [6.45, 7) is 3.87. The fourth-order valence-corrected chi connectivity index (χ4v) is 3.25. The van der Waals surface area contributed by atoms with Gasteiger partial charge in [-0.1, -0.05) is 12.1 Å². The van der Waals surface area contributed by atoms with Crippen LogP contribution >= 0.6 is 0 Å². The number of rotatable bonds is 7. The second-order valence-corrected chi connectivity index (χ2v) is 7.46. The number of sulfonamides is 1. The third-order valence-electron chi connectivity index (χ3n) is 3.68. The highest BCUT2D eigenvalue weighted by Gasteiger charge is 2.14. The highest BCUT2D eigenvalue weighted by atomic mass is 32.2. The predicted molar refractivity (Wildman–Crippen MR) is 97.3 cm³/mol. The molecule has 0 saturated heterocycles. The molecule has 0 aliphatic rings. The highest BCUT2D eigenvalue weighted by molar-refractivity contribution is 7.89. The minimum Gasteiger partial charge on any atom is -0.497 e. The molecule has 0 spiro atoms. The van der Waals surface area contributed by atoms with E-state index in [0.29, 0.717) is 5.75 Å². The molecule has 0 radical (unpaired) electrons. The van der Waals surface area contributed by atoms with Crippen LogP contribution in [0.3, 0.4) is 0 Å². The van der Waals surface area contributed by atoms with Gasteiger partial charge in [-0.15, -0.1) is 0 Å². The van der Waals surface area contributed by atoms with Crippen LogP contribution in [0.4, 0.5) is 5.69 Å². The van der Waals surface area contributed by atoms with Crippen LogP contribution in [-0.4, -0.2) is 28.0 Å². The summed E-state index contributed by atoms with van der Waals surface area (Å²) in [4.78, 5) is 12.1. The Kier molecular flexibility index (Phi) is 6.17. The molecular formula is C18H22N2O4S. The van der Waals surface area contributed by atoms with Gasteiger partial charge in [-0.2, -0.15) is 0 Å². The van der Waals surface area contributed by atoms with E-state index in [4.69, 9.17) is 4.74 Å². The number of hydrogen-bond acceptors (Lipinski definition) is 4. The van der Waals surface area contributed by atoms with Crippen LogP contribution in [0.1, 0.15) is 17.5 Å². The summed E-state index contributed by atoms with van der Waals surface area (Å²) in [7, 11) is -2.14. The van der Waals surface area contributed by atoms with Gasteiger partial charge in [0.25, 0.3) is 0 Å². The fraction of sp³-hybridized carbons (Fsp3) is 0.278. The van der Waals surface area contributed by atoms with E-state index in [2.05, 4.69) is 10.0 Å². The number of carbonyl (C=O) groups is 1. The summed E-state index contributed by atoms with van der Waals surface area (Å²) >= 11 is 0. The smallest absolute Gasteiger partial charge is 0.240 e. The van der Waals surface area contributed by atoms with Gasteiger partial charge in [0.05, 0.1) is 12.0 Å². The molecule has 2 aromatic carbocycles. The highest BCUT2D eigenvalue weighted by Crippen LogP contribution is 2.17. The third-order valence-corrected chi connectivity index (χ3v) is 5.16. The largest absolute Gasteiger partial charge is 0.497 e. The van der Waals surface area contributed by atoms with E-state index in [9.17, 15) is 13.2 Å². The SMILES string of the molecule is COc1ccc(S(=O)(=O)NCCC(=O)Nc2cc(C)ccc2C)cc1. The lowest BCUT2D eigenvalue weighted by Crippen LogP contribution is -2.28. The van der Waals surface area contributed by atoms with Crippen LogP contribution in [0.25, 0.3) is 0 Å². The number of carbonyl (C=O) groups excluding carboxylic acids is 1. The van der Waals surface area contributed by atoms with Gasteiger partial charge in [0.1, 0.15) is 5.75 Å². The number of methoxy groups -OCH3 is 1. The average molecular weight is 362 g/mol. The molecule has 2 aromatic rings. The molecule has 0 aliphatic carbocycles. The summed E-state index contributed by atoms with van der Waals surface area (Å²) in [6.07, 6.45) is 0.0444. The maximum atomic E-state index is 12.2. The first-order valence-corrected chi connectivity index (χ1v) is 9.31. The number of amides is 1. The lowest BCUT2D eigenvalue weighted by Gasteiger charge is -2.10. The molecule has 0 unspecified atom stereocenters. The summed E-state index contributed by atoms with van der Waals surface area (Å²) < 4.78 is 31.8. The van der Waals surface area contributed by atoms with Crippen molar-refractivity contribution < 1.29 is 17.9 Å². The molecule has 0 fully saturated rings. The van der Waals surface area contributed by atoms with Crippen molar-refractivity contribution in [3.05, 3.63) is 53.6 Å². The van der Waals surface area contributed by atoms with E-state index in [1.54, 1.807) is 12.1 Å². The van der Waals surface area contributed by atoms with Crippen molar-refractivity contribution in [1.29, 1.82) is 0 Å². The Bertz CT molecular complexity index is 846. The fourth-order valence-electron chi connectivity index (χ4n) is 2.22. The first kappa shape index (κ1) is 19.0. The Labute approximate surface area is 148 Å². The third kappa shape index (κ3) is 5.30. The van der Waals surface area contributed by atoms with Crippen molar-refractivity contribution in [3.8, 4) is 5.75 Å². The van der Waals surface area contributed by atoms with Crippen molar-refractivity contribution >= 4 is 21.6 Å². The van der Waals surface area contributed by atoms with E-state index in [-0.39, 0.29) is 23.8 Å². The van der Waals surface area contributed by atoms with Gasteiger partial charge in [0.15, 0.2) is 0 Å². The molecule has 6 nitrogen and oxygen atoms in total. The van der Waals surface area contributed by atoms with Gasteiger partial charge < -0.3 is 10.1 Å². The zero-order chi connectivity index (χ0) is 18.4. The van der Waals surface area contributed by atoms with E-state index in [0.717, 1.165) is 16.8 Å². The van der Waals surface area contributed by atoms with Gasteiger partial charge in [0.2, 0.25) is 15.9 Å². The lowest BCUT2D eigenvalue weighted by molar-refractivity contribution is -0.116. The first-order chi connectivity index (χ1) is 11.8. The summed E-state index contributed by atoms with van der Waals surface area (Å²) in [5.74, 6) is 0.331. The van der Waals surface area contributed by atoms with Crippen molar-refractivity contribution in [2.24, 2.45) is 0 Å². The van der Waals surface area contributed by atoms with Crippen molar-refractivity contribution in [2.45, 2.75) is 25.2 Å². The monoisotopic (exact) mass is 362 g/mol.